The van der Waals surface area contributed by atoms with E-state index in [0.29, 0.717) is 15.4 Å². The third kappa shape index (κ3) is 3.44. The molecule has 0 aliphatic heterocycles. The second kappa shape index (κ2) is 6.48. The van der Waals surface area contributed by atoms with Gasteiger partial charge in [0.05, 0.1) is 20.8 Å². The molecular weight excluding hydrogens is 380 g/mol. The van der Waals surface area contributed by atoms with Gasteiger partial charge in [-0.2, -0.15) is 0 Å². The fourth-order valence-electron chi connectivity index (χ4n) is 2.62. The minimum atomic E-state index is -3.76. The Hall–Kier alpha value is -1.83. The largest absolute Gasteiger partial charge is 0.308 e. The summed E-state index contributed by atoms with van der Waals surface area (Å²) in [5.74, 6) is 0. The number of aromatic nitrogens is 1. The van der Waals surface area contributed by atoms with Crippen LogP contribution < -0.4 is 9.60 Å². The molecule has 0 aliphatic carbocycles. The number of thiazole rings is 1. The zero-order chi connectivity index (χ0) is 18.4. The molecule has 0 fully saturated rings. The van der Waals surface area contributed by atoms with Crippen LogP contribution >= 0.6 is 22.9 Å². The summed E-state index contributed by atoms with van der Waals surface area (Å²) in [5.41, 5.74) is 1.94. The normalized spacial score (nSPS) is 12.0. The van der Waals surface area contributed by atoms with E-state index in [1.165, 1.54) is 12.1 Å². The number of nitrogens with zero attached hydrogens (tertiary/aromatic N) is 1. The number of rotatable bonds is 4. The quantitative estimate of drug-likeness (QED) is 0.710. The van der Waals surface area contributed by atoms with Crippen molar-refractivity contribution in [1.29, 1.82) is 0 Å². The van der Waals surface area contributed by atoms with E-state index in [9.17, 15) is 13.2 Å². The van der Waals surface area contributed by atoms with Gasteiger partial charge in [0.25, 0.3) is 10.0 Å². The lowest BCUT2D eigenvalue weighted by atomic mass is 10.2. The Morgan fingerprint density at radius 3 is 2.52 bits per heavy atom. The molecule has 0 aliphatic rings. The average Bonchev–Trinajstić information content (AvgIpc) is 2.85. The first-order chi connectivity index (χ1) is 11.7. The summed E-state index contributed by atoms with van der Waals surface area (Å²) >= 11 is 6.95. The van der Waals surface area contributed by atoms with Crippen molar-refractivity contribution in [3.05, 3.63) is 56.7 Å². The van der Waals surface area contributed by atoms with Crippen LogP contribution in [0.4, 0.5) is 5.69 Å². The van der Waals surface area contributed by atoms with E-state index in [2.05, 4.69) is 4.72 Å². The van der Waals surface area contributed by atoms with Gasteiger partial charge in [-0.3, -0.25) is 14.1 Å². The van der Waals surface area contributed by atoms with Crippen LogP contribution in [0.3, 0.4) is 0 Å². The van der Waals surface area contributed by atoms with Crippen molar-refractivity contribution in [3.8, 4) is 0 Å². The monoisotopic (exact) mass is 396 g/mol. The summed E-state index contributed by atoms with van der Waals surface area (Å²) in [7, 11) is -3.76. The zero-order valence-corrected chi connectivity index (χ0v) is 16.3. The van der Waals surface area contributed by atoms with Gasteiger partial charge in [-0.05, 0) is 62.7 Å². The predicted molar refractivity (Wildman–Crippen MR) is 103 cm³/mol. The zero-order valence-electron chi connectivity index (χ0n) is 13.9. The van der Waals surface area contributed by atoms with Crippen LogP contribution in [-0.2, 0) is 10.0 Å². The predicted octanol–water partition coefficient (Wildman–Crippen LogP) is 4.41. The Kier molecular flexibility index (Phi) is 4.66. The molecule has 132 valence electrons. The maximum Gasteiger partial charge on any atom is 0.308 e. The maximum absolute atomic E-state index is 12.7. The Morgan fingerprint density at radius 2 is 1.88 bits per heavy atom. The van der Waals surface area contributed by atoms with Crippen LogP contribution in [-0.4, -0.2) is 13.0 Å². The van der Waals surface area contributed by atoms with Gasteiger partial charge in [-0.1, -0.05) is 22.9 Å². The minimum Gasteiger partial charge on any atom is -0.296 e. The second-order valence-corrected chi connectivity index (χ2v) is 9.14. The molecule has 0 amide bonds. The molecule has 1 aromatic heterocycles. The molecule has 5 nitrogen and oxygen atoms in total. The number of halogens is 1. The molecule has 0 saturated carbocycles. The molecule has 1 N–H and O–H groups in total. The van der Waals surface area contributed by atoms with Crippen molar-refractivity contribution >= 4 is 48.9 Å². The van der Waals surface area contributed by atoms with Gasteiger partial charge >= 0.3 is 4.87 Å². The van der Waals surface area contributed by atoms with Gasteiger partial charge in [-0.25, -0.2) is 8.42 Å². The second-order valence-electron chi connectivity index (χ2n) is 6.03. The van der Waals surface area contributed by atoms with Crippen molar-refractivity contribution in [2.24, 2.45) is 0 Å². The summed E-state index contributed by atoms with van der Waals surface area (Å²) in [6.07, 6.45) is 0. The maximum atomic E-state index is 12.7. The SMILES string of the molecule is Cc1cc(Cl)ccc1NS(=O)(=O)c1ccc2c(c1)sc(=O)n2C(C)C. The highest BCUT2D eigenvalue weighted by Gasteiger charge is 2.18. The fourth-order valence-corrected chi connectivity index (χ4v) is 5.13. The van der Waals surface area contributed by atoms with E-state index in [1.807, 2.05) is 13.8 Å². The van der Waals surface area contributed by atoms with Gasteiger partial charge in [0, 0.05) is 11.1 Å². The number of nitrogens with one attached hydrogen (secondary N) is 1. The lowest BCUT2D eigenvalue weighted by Gasteiger charge is -2.11. The first-order valence-electron chi connectivity index (χ1n) is 7.63. The van der Waals surface area contributed by atoms with Crippen molar-refractivity contribution < 1.29 is 8.42 Å². The van der Waals surface area contributed by atoms with Crippen molar-refractivity contribution in [2.45, 2.75) is 31.7 Å². The Labute approximate surface area is 154 Å². The smallest absolute Gasteiger partial charge is 0.296 e. The summed E-state index contributed by atoms with van der Waals surface area (Å²) in [6.45, 7) is 5.62. The Morgan fingerprint density at radius 1 is 1.16 bits per heavy atom. The average molecular weight is 397 g/mol. The molecule has 0 bridgehead atoms. The minimum absolute atomic E-state index is 0.0125. The molecule has 0 unspecified atom stereocenters. The van der Waals surface area contributed by atoms with Crippen LogP contribution in [0, 0.1) is 6.92 Å². The van der Waals surface area contributed by atoms with Gasteiger partial charge in [0.2, 0.25) is 0 Å². The Bertz CT molecular complexity index is 1110. The lowest BCUT2D eigenvalue weighted by molar-refractivity contribution is 0.601. The molecule has 3 aromatic rings. The Balaban J connectivity index is 2.04. The molecule has 2 aromatic carbocycles. The van der Waals surface area contributed by atoms with Gasteiger partial charge in [0.15, 0.2) is 0 Å². The van der Waals surface area contributed by atoms with E-state index in [1.54, 1.807) is 35.8 Å². The van der Waals surface area contributed by atoms with Gasteiger partial charge < -0.3 is 0 Å². The molecule has 3 rings (SSSR count). The lowest BCUT2D eigenvalue weighted by Crippen LogP contribution is -2.15. The number of hydrogen-bond acceptors (Lipinski definition) is 4. The highest BCUT2D eigenvalue weighted by atomic mass is 35.5. The molecule has 25 heavy (non-hydrogen) atoms. The number of anilines is 1. The van der Waals surface area contributed by atoms with Crippen LogP contribution in [0.5, 0.6) is 0 Å². The molecule has 1 heterocycles. The molecule has 0 atom stereocenters. The van der Waals surface area contributed by atoms with Crippen molar-refractivity contribution in [3.63, 3.8) is 0 Å². The third-order valence-corrected chi connectivity index (χ3v) is 6.36. The molecule has 0 radical (unpaired) electrons. The van der Waals surface area contributed by atoms with E-state index < -0.39 is 10.0 Å². The number of fused-ring (bicyclic) bond motifs is 1. The van der Waals surface area contributed by atoms with Crippen LogP contribution in [0.1, 0.15) is 25.5 Å². The molecular formula is C17H17ClN2O3S2. The van der Waals surface area contributed by atoms with Crippen LogP contribution in [0.15, 0.2) is 46.1 Å². The number of hydrogen-bond donors (Lipinski definition) is 1. The van der Waals surface area contributed by atoms with E-state index in [0.717, 1.165) is 22.4 Å². The topological polar surface area (TPSA) is 68.2 Å². The summed E-state index contributed by atoms with van der Waals surface area (Å²) in [6, 6.07) is 9.69. The standard InChI is InChI=1S/C17H17ClN2O3S2/c1-10(2)20-15-7-5-13(9-16(15)24-17(20)21)25(22,23)19-14-6-4-12(18)8-11(14)3/h4-10,19H,1-3H3. The highest BCUT2D eigenvalue weighted by molar-refractivity contribution is 7.92. The van der Waals surface area contributed by atoms with Gasteiger partial charge in [0.1, 0.15) is 0 Å². The van der Waals surface area contributed by atoms with Crippen molar-refractivity contribution in [1.82, 2.24) is 4.57 Å². The highest BCUT2D eigenvalue weighted by Crippen LogP contribution is 2.27. The fraction of sp³-hybridized carbons (Fsp3) is 0.235. The first kappa shape index (κ1) is 18.0. The van der Waals surface area contributed by atoms with Crippen molar-refractivity contribution in [2.75, 3.05) is 4.72 Å². The molecule has 0 spiro atoms. The van der Waals surface area contributed by atoms with E-state index >= 15 is 0 Å². The van der Waals surface area contributed by atoms with Gasteiger partial charge in [-0.15, -0.1) is 0 Å². The van der Waals surface area contributed by atoms with E-state index in [-0.39, 0.29) is 15.8 Å². The number of benzene rings is 2. The molecule has 8 heteroatoms. The third-order valence-electron chi connectivity index (χ3n) is 3.84. The van der Waals surface area contributed by atoms with E-state index in [4.69, 9.17) is 11.6 Å². The van der Waals surface area contributed by atoms with Crippen LogP contribution in [0.25, 0.3) is 10.2 Å². The first-order valence-corrected chi connectivity index (χ1v) is 10.3. The number of sulfonamides is 1. The summed E-state index contributed by atoms with van der Waals surface area (Å²) in [5, 5.41) is 0.543. The summed E-state index contributed by atoms with van der Waals surface area (Å²) in [4.78, 5) is 12.1. The summed E-state index contributed by atoms with van der Waals surface area (Å²) < 4.78 is 30.2. The molecule has 0 saturated heterocycles. The number of aryl methyl sites for hydroxylation is 1. The van der Waals surface area contributed by atoms with Crippen LogP contribution in [0.2, 0.25) is 5.02 Å².